The number of allylic oxidation sites excluding steroid dienone is 1. The molecule has 0 atom stereocenters. The van der Waals surface area contributed by atoms with Gasteiger partial charge in [-0.15, -0.1) is 0 Å². The van der Waals surface area contributed by atoms with Crippen LogP contribution in [-0.4, -0.2) is 51.7 Å². The summed E-state index contributed by atoms with van der Waals surface area (Å²) in [5.74, 6) is -9.48. The average Bonchev–Trinajstić information content (AvgIpc) is 3.61. The van der Waals surface area contributed by atoms with Gasteiger partial charge in [0.25, 0.3) is 5.91 Å². The second kappa shape index (κ2) is 11.2. The third kappa shape index (κ3) is 5.99. The van der Waals surface area contributed by atoms with Gasteiger partial charge in [0.1, 0.15) is 5.54 Å². The van der Waals surface area contributed by atoms with Crippen LogP contribution in [-0.2, 0) is 19.1 Å². The Morgan fingerprint density at radius 3 is 2.31 bits per heavy atom. The Morgan fingerprint density at radius 2 is 1.86 bits per heavy atom. The third-order valence-electron chi connectivity index (χ3n) is 6.28. The number of alkyl halides is 10. The van der Waals surface area contributed by atoms with Gasteiger partial charge in [-0.3, -0.25) is 4.79 Å². The van der Waals surface area contributed by atoms with Crippen LogP contribution in [0.25, 0.3) is 5.57 Å². The molecule has 228 valence electrons. The van der Waals surface area contributed by atoms with E-state index in [1.165, 1.54) is 6.92 Å². The van der Waals surface area contributed by atoms with Gasteiger partial charge in [0.15, 0.2) is 17.3 Å². The number of ether oxygens (including phenoxy) is 1. The summed E-state index contributed by atoms with van der Waals surface area (Å²) in [5, 5.41) is 22.2. The highest BCUT2D eigenvalue weighted by Crippen LogP contribution is 2.49. The fraction of sp³-hybridized carbons (Fsp3) is 0.417. The predicted molar refractivity (Wildman–Crippen MR) is 126 cm³/mol. The third-order valence-corrected chi connectivity index (χ3v) is 6.28. The van der Waals surface area contributed by atoms with Crippen molar-refractivity contribution < 1.29 is 53.4 Å². The summed E-state index contributed by atoms with van der Waals surface area (Å²) in [7, 11) is 0.811. The summed E-state index contributed by atoms with van der Waals surface area (Å²) in [4.78, 5) is 14.2. The molecule has 1 heterocycles. The van der Waals surface area contributed by atoms with E-state index in [9.17, 15) is 54.0 Å². The van der Waals surface area contributed by atoms with Crippen LogP contribution in [0.5, 0.6) is 5.75 Å². The van der Waals surface area contributed by atoms with Gasteiger partial charge in [-0.25, -0.2) is 4.68 Å². The molecular formula is C24H20F10N6O2. The van der Waals surface area contributed by atoms with Crippen molar-refractivity contribution in [3.8, 4) is 11.8 Å². The Labute approximate surface area is 230 Å². The van der Waals surface area contributed by atoms with Crippen molar-refractivity contribution in [2.24, 2.45) is 7.05 Å². The molecule has 2 N–H and O–H groups in total. The van der Waals surface area contributed by atoms with Crippen molar-refractivity contribution in [3.05, 3.63) is 46.8 Å². The summed E-state index contributed by atoms with van der Waals surface area (Å²) in [6.45, 7) is -2.51. The monoisotopic (exact) mass is 614 g/mol. The van der Waals surface area contributed by atoms with E-state index in [-0.39, 0.29) is 30.5 Å². The Kier molecular flexibility index (Phi) is 8.57. The highest BCUT2D eigenvalue weighted by Gasteiger charge is 2.62. The second-order valence-electron chi connectivity index (χ2n) is 8.94. The first kappa shape index (κ1) is 32.2. The Morgan fingerprint density at radius 1 is 1.24 bits per heavy atom. The number of anilines is 1. The van der Waals surface area contributed by atoms with Crippen LogP contribution >= 0.6 is 0 Å². The van der Waals surface area contributed by atoms with Gasteiger partial charge in [-0.1, -0.05) is 6.07 Å². The fourth-order valence-corrected chi connectivity index (χ4v) is 4.05. The lowest BCUT2D eigenvalue weighted by atomic mass is 9.98. The van der Waals surface area contributed by atoms with Crippen LogP contribution < -0.4 is 10.1 Å². The lowest BCUT2D eigenvalue weighted by Gasteiger charge is -2.27. The molecule has 0 unspecified atom stereocenters. The molecule has 1 amide bonds. The molecule has 0 spiro atoms. The highest BCUT2D eigenvalue weighted by molar-refractivity contribution is 6.10. The highest BCUT2D eigenvalue weighted by atomic mass is 19.4. The minimum Gasteiger partial charge on any atom is -0.429 e. The number of hydrogen-bond donors (Lipinski definition) is 2. The van der Waals surface area contributed by atoms with E-state index in [4.69, 9.17) is 5.41 Å². The smallest absolute Gasteiger partial charge is 0.429 e. The number of carbonyl (C=O) groups excluding carboxylic acids is 1. The first-order valence-electron chi connectivity index (χ1n) is 11.7. The largest absolute Gasteiger partial charge is 0.459 e. The first-order valence-corrected chi connectivity index (χ1v) is 11.7. The summed E-state index contributed by atoms with van der Waals surface area (Å²) in [6.07, 6.45) is -9.55. The van der Waals surface area contributed by atoms with Crippen molar-refractivity contribution in [3.63, 3.8) is 0 Å². The number of halogens is 10. The number of carbonyl (C=O) groups is 1. The van der Waals surface area contributed by atoms with E-state index in [0.29, 0.717) is 23.2 Å². The predicted octanol–water partition coefficient (Wildman–Crippen LogP) is 6.32. The van der Waals surface area contributed by atoms with E-state index >= 15 is 0 Å². The normalized spacial score (nSPS) is 15.3. The number of nitriles is 1. The number of rotatable bonds is 10. The maximum atomic E-state index is 14.0. The zero-order valence-electron chi connectivity index (χ0n) is 21.5. The van der Waals surface area contributed by atoms with Crippen molar-refractivity contribution in [1.82, 2.24) is 14.7 Å². The van der Waals surface area contributed by atoms with Crippen LogP contribution in [0.4, 0.5) is 49.7 Å². The minimum absolute atomic E-state index is 0.110. The molecule has 1 saturated carbocycles. The molecule has 1 aromatic carbocycles. The number of hydrogen-bond acceptors (Lipinski definition) is 6. The molecule has 3 rings (SSSR count). The van der Waals surface area contributed by atoms with Gasteiger partial charge >= 0.3 is 24.9 Å². The fourth-order valence-electron chi connectivity index (χ4n) is 4.05. The molecule has 18 heteroatoms. The minimum atomic E-state index is -6.24. The van der Waals surface area contributed by atoms with Crippen molar-refractivity contribution in [1.29, 1.82) is 10.7 Å². The van der Waals surface area contributed by atoms with Gasteiger partial charge in [0, 0.05) is 31.6 Å². The molecule has 42 heavy (non-hydrogen) atoms. The molecule has 1 aliphatic rings. The number of amides is 1. The zero-order chi connectivity index (χ0) is 31.8. The van der Waals surface area contributed by atoms with Crippen LogP contribution in [0.1, 0.15) is 46.9 Å². The van der Waals surface area contributed by atoms with Crippen LogP contribution in [0, 0.1) is 16.7 Å². The number of benzene rings is 1. The maximum Gasteiger partial charge on any atom is 0.459 e. The average molecular weight is 614 g/mol. The molecule has 0 radical (unpaired) electrons. The zero-order valence-corrected chi connectivity index (χ0v) is 21.5. The standard InChI is InChI=1S/C24H20F10N6O2/c1-3-40(21(11-36)6-7-21)19(41)14-8-12(4-5-15(14)23(29,30)31)13(9-35)10-37-18-16(42-20(25)26)17(38-39(18)2)22(27,28)24(32,33)34/h4-5,8-10,20,35,37H,3,6-7H2,1-2H3/b13-10+,35-9?. The molecule has 0 saturated heterocycles. The van der Waals surface area contributed by atoms with E-state index in [1.54, 1.807) is 0 Å². The molecular weight excluding hydrogens is 594 g/mol. The van der Waals surface area contributed by atoms with E-state index in [1.807, 2.05) is 6.07 Å². The van der Waals surface area contributed by atoms with Gasteiger partial charge in [0.2, 0.25) is 0 Å². The summed E-state index contributed by atoms with van der Waals surface area (Å²) < 4.78 is 138. The maximum absolute atomic E-state index is 14.0. The first-order chi connectivity index (χ1) is 19.3. The van der Waals surface area contributed by atoms with Crippen molar-refractivity contribution in [2.45, 2.75) is 50.2 Å². The molecule has 8 nitrogen and oxygen atoms in total. The molecule has 0 aliphatic heterocycles. The summed E-state index contributed by atoms with van der Waals surface area (Å²) >= 11 is 0. The Bertz CT molecular complexity index is 1430. The van der Waals surface area contributed by atoms with E-state index < -0.39 is 64.7 Å². The van der Waals surface area contributed by atoms with Crippen LogP contribution in [0.15, 0.2) is 24.4 Å². The topological polar surface area (TPSA) is 107 Å². The van der Waals surface area contributed by atoms with Crippen LogP contribution in [0.3, 0.4) is 0 Å². The number of aromatic nitrogens is 2. The van der Waals surface area contributed by atoms with Crippen LogP contribution in [0.2, 0.25) is 0 Å². The SMILES string of the molecule is CCN(C(=O)c1cc(/C(C=N)=C/Nc2c(OC(F)F)c(C(F)(F)C(F)(F)F)nn2C)ccc1C(F)(F)F)C1(C#N)CC1. The summed E-state index contributed by atoms with van der Waals surface area (Å²) in [6, 6.07) is 4.03. The molecule has 0 bridgehead atoms. The lowest BCUT2D eigenvalue weighted by molar-refractivity contribution is -0.291. The molecule has 2 aromatic rings. The van der Waals surface area contributed by atoms with E-state index in [0.717, 1.165) is 24.1 Å². The van der Waals surface area contributed by atoms with E-state index in [2.05, 4.69) is 15.2 Å². The molecule has 1 aromatic heterocycles. The van der Waals surface area contributed by atoms with Gasteiger partial charge in [-0.05, 0) is 37.5 Å². The van der Waals surface area contributed by atoms with Crippen molar-refractivity contribution >= 4 is 23.5 Å². The quantitative estimate of drug-likeness (QED) is 0.241. The second-order valence-corrected chi connectivity index (χ2v) is 8.94. The number of nitrogens with one attached hydrogen (secondary N) is 2. The molecule has 1 fully saturated rings. The van der Waals surface area contributed by atoms with Gasteiger partial charge < -0.3 is 20.4 Å². The lowest BCUT2D eigenvalue weighted by Crippen LogP contribution is -2.42. The van der Waals surface area contributed by atoms with Gasteiger partial charge in [0.05, 0.1) is 17.2 Å². The molecule has 1 aliphatic carbocycles. The summed E-state index contributed by atoms with van der Waals surface area (Å²) in [5.41, 5.74) is -6.34. The van der Waals surface area contributed by atoms with Gasteiger partial charge in [-0.2, -0.15) is 54.3 Å². The Hall–Kier alpha value is -4.30. The Balaban J connectivity index is 2.11. The van der Waals surface area contributed by atoms with Crippen molar-refractivity contribution in [2.75, 3.05) is 11.9 Å². The number of nitrogens with zero attached hydrogens (tertiary/aromatic N) is 4. The number of aryl methyl sites for hydroxylation is 1.